The van der Waals surface area contributed by atoms with E-state index in [9.17, 15) is 14.4 Å². The van der Waals surface area contributed by atoms with Gasteiger partial charge < -0.3 is 30.0 Å². The number of aliphatic hydroxyl groups is 1. The van der Waals surface area contributed by atoms with Crippen molar-refractivity contribution in [1.82, 2.24) is 10.6 Å². The number of benzene rings is 2. The number of nitrogens with one attached hydrogen (secondary N) is 2. The van der Waals surface area contributed by atoms with Crippen LogP contribution in [0, 0.1) is 13.8 Å². The van der Waals surface area contributed by atoms with E-state index in [2.05, 4.69) is 21.4 Å². The molecule has 2 fully saturated rings. The van der Waals surface area contributed by atoms with Gasteiger partial charge in [-0.1, -0.05) is 59.7 Å². The monoisotopic (exact) mass is 470 g/mol. The van der Waals surface area contributed by atoms with E-state index in [-0.39, 0.29) is 18.7 Å². The number of esters is 1. The molecule has 4 atom stereocenters. The van der Waals surface area contributed by atoms with Crippen molar-refractivity contribution < 1.29 is 33.7 Å². The molecule has 2 amide bonds. The number of hydrogen-bond donors (Lipinski definition) is 3. The molecule has 0 bridgehead atoms. The predicted octanol–water partition coefficient (Wildman–Crippen LogP) is 2.19. The summed E-state index contributed by atoms with van der Waals surface area (Å²) in [7, 11) is 1.28. The van der Waals surface area contributed by atoms with Crippen LogP contribution in [-0.4, -0.2) is 61.3 Å². The average Bonchev–Trinajstić information content (AvgIpc) is 3.34. The molecule has 2 aromatic rings. The Morgan fingerprint density at radius 3 is 1.97 bits per heavy atom. The summed E-state index contributed by atoms with van der Waals surface area (Å²) in [5.74, 6) is -0.536. The van der Waals surface area contributed by atoms with Crippen molar-refractivity contribution in [3.8, 4) is 0 Å². The maximum Gasteiger partial charge on any atom is 0.408 e. The van der Waals surface area contributed by atoms with Gasteiger partial charge in [-0.25, -0.2) is 14.4 Å². The molecular formula is C25H30N2O7. The maximum atomic E-state index is 11.5. The third-order valence-electron chi connectivity index (χ3n) is 5.60. The van der Waals surface area contributed by atoms with E-state index in [1.165, 1.54) is 12.7 Å². The number of rotatable bonds is 6. The summed E-state index contributed by atoms with van der Waals surface area (Å²) in [5, 5.41) is 14.4. The molecule has 4 rings (SSSR count). The van der Waals surface area contributed by atoms with Crippen LogP contribution in [0.25, 0.3) is 0 Å². The molecule has 2 aliphatic heterocycles. The summed E-state index contributed by atoms with van der Waals surface area (Å²) < 4.78 is 14.4. The molecule has 2 saturated heterocycles. The minimum absolute atomic E-state index is 0.140. The average molecular weight is 471 g/mol. The fourth-order valence-corrected chi connectivity index (χ4v) is 3.98. The third kappa shape index (κ3) is 6.71. The van der Waals surface area contributed by atoms with Gasteiger partial charge in [0.1, 0.15) is 6.10 Å². The van der Waals surface area contributed by atoms with Crippen LogP contribution in [0.4, 0.5) is 9.59 Å². The zero-order valence-electron chi connectivity index (χ0n) is 19.4. The molecule has 0 aromatic heterocycles. The van der Waals surface area contributed by atoms with Crippen LogP contribution in [-0.2, 0) is 31.8 Å². The van der Waals surface area contributed by atoms with Crippen molar-refractivity contribution in [3.63, 3.8) is 0 Å². The molecule has 0 saturated carbocycles. The third-order valence-corrected chi connectivity index (χ3v) is 5.60. The van der Waals surface area contributed by atoms with Crippen molar-refractivity contribution in [3.05, 3.63) is 70.8 Å². The number of hydrogen-bond acceptors (Lipinski definition) is 7. The van der Waals surface area contributed by atoms with E-state index in [1.54, 1.807) is 0 Å². The van der Waals surface area contributed by atoms with Gasteiger partial charge in [0.05, 0.1) is 25.8 Å². The van der Waals surface area contributed by atoms with Gasteiger partial charge in [-0.3, -0.25) is 0 Å². The number of ether oxygens (including phenoxy) is 3. The first-order valence-corrected chi connectivity index (χ1v) is 11.0. The highest BCUT2D eigenvalue weighted by Gasteiger charge is 2.40. The van der Waals surface area contributed by atoms with Crippen molar-refractivity contribution in [2.45, 2.75) is 51.0 Å². The Kier molecular flexibility index (Phi) is 8.48. The van der Waals surface area contributed by atoms with Crippen LogP contribution < -0.4 is 10.6 Å². The van der Waals surface area contributed by atoms with E-state index in [0.29, 0.717) is 12.8 Å². The topological polar surface area (TPSA) is 123 Å². The summed E-state index contributed by atoms with van der Waals surface area (Å²) in [6, 6.07) is 15.5. The number of cyclic esters (lactones) is 2. The van der Waals surface area contributed by atoms with Crippen LogP contribution in [0.1, 0.15) is 22.3 Å². The molecule has 2 aliphatic rings. The number of carbonyl (C=O) groups excluding carboxylic acids is 3. The van der Waals surface area contributed by atoms with Crippen LogP contribution in [0.3, 0.4) is 0 Å². The first kappa shape index (κ1) is 25.0. The van der Waals surface area contributed by atoms with Gasteiger partial charge in [0.15, 0.2) is 0 Å². The minimum Gasteiger partial charge on any atom is -0.466 e. The molecule has 9 nitrogen and oxygen atoms in total. The molecule has 9 heteroatoms. The number of carbonyl (C=O) groups is 3. The predicted molar refractivity (Wildman–Crippen MR) is 123 cm³/mol. The van der Waals surface area contributed by atoms with Crippen LogP contribution in [0.2, 0.25) is 0 Å². The molecule has 0 unspecified atom stereocenters. The summed E-state index contributed by atoms with van der Waals surface area (Å²) in [6.45, 7) is 3.87. The zero-order valence-corrected chi connectivity index (χ0v) is 19.4. The van der Waals surface area contributed by atoms with Gasteiger partial charge in [-0.2, -0.15) is 0 Å². The van der Waals surface area contributed by atoms with Crippen LogP contribution >= 0.6 is 0 Å². The van der Waals surface area contributed by atoms with E-state index >= 15 is 0 Å². The number of methoxy groups -OCH3 is 1. The second-order valence-corrected chi connectivity index (χ2v) is 8.36. The lowest BCUT2D eigenvalue weighted by molar-refractivity contribution is -0.149. The van der Waals surface area contributed by atoms with Gasteiger partial charge in [0, 0.05) is 0 Å². The van der Waals surface area contributed by atoms with Gasteiger partial charge in [0.2, 0.25) is 6.10 Å². The fraction of sp³-hybridized carbons (Fsp3) is 0.400. The Bertz CT molecular complexity index is 1030. The molecule has 2 aromatic carbocycles. The van der Waals surface area contributed by atoms with Crippen LogP contribution in [0.5, 0.6) is 0 Å². The van der Waals surface area contributed by atoms with E-state index in [1.807, 2.05) is 56.3 Å². The Morgan fingerprint density at radius 1 is 0.912 bits per heavy atom. The van der Waals surface area contributed by atoms with Crippen molar-refractivity contribution in [1.29, 1.82) is 0 Å². The highest BCUT2D eigenvalue weighted by Crippen LogP contribution is 2.17. The Labute approximate surface area is 198 Å². The lowest BCUT2D eigenvalue weighted by Gasteiger charge is -2.14. The molecule has 34 heavy (non-hydrogen) atoms. The molecular weight excluding hydrogens is 440 g/mol. The summed E-state index contributed by atoms with van der Waals surface area (Å²) >= 11 is 0. The molecule has 2 heterocycles. The van der Waals surface area contributed by atoms with E-state index in [4.69, 9.17) is 14.6 Å². The molecule has 182 valence electrons. The molecule has 0 radical (unpaired) electrons. The Balaban J connectivity index is 0.000000192. The lowest BCUT2D eigenvalue weighted by Crippen LogP contribution is -2.38. The van der Waals surface area contributed by atoms with Gasteiger partial charge >= 0.3 is 18.2 Å². The summed E-state index contributed by atoms with van der Waals surface area (Å²) in [5.41, 5.74) is 4.49. The summed E-state index contributed by atoms with van der Waals surface area (Å²) in [4.78, 5) is 33.7. The van der Waals surface area contributed by atoms with Crippen molar-refractivity contribution in [2.75, 3.05) is 13.7 Å². The normalized spacial score (nSPS) is 23.1. The largest absolute Gasteiger partial charge is 0.466 e. The quantitative estimate of drug-likeness (QED) is 0.437. The van der Waals surface area contributed by atoms with Crippen LogP contribution in [0.15, 0.2) is 48.5 Å². The molecule has 0 spiro atoms. The minimum atomic E-state index is -0.872. The smallest absolute Gasteiger partial charge is 0.408 e. The number of alkyl carbamates (subject to hydrolysis) is 2. The zero-order chi connectivity index (χ0) is 24.7. The van der Waals surface area contributed by atoms with Gasteiger partial charge in [0.25, 0.3) is 0 Å². The fourth-order valence-electron chi connectivity index (χ4n) is 3.98. The SMILES string of the molecule is COC(=O)[C@H]1OC(=O)N[C@H]1Cc1cccc(C)c1.Cc1cccc(C[C@@H]2NC(=O)O[C@@H]2CO)c1. The van der Waals surface area contributed by atoms with Crippen molar-refractivity contribution >= 4 is 18.2 Å². The number of aryl methyl sites for hydroxylation is 2. The van der Waals surface area contributed by atoms with E-state index in [0.717, 1.165) is 16.7 Å². The lowest BCUT2D eigenvalue weighted by atomic mass is 10.0. The first-order valence-electron chi connectivity index (χ1n) is 11.0. The Morgan fingerprint density at radius 2 is 1.44 bits per heavy atom. The summed E-state index contributed by atoms with van der Waals surface area (Å²) in [6.07, 6.45) is -1.12. The second kappa shape index (κ2) is 11.5. The standard InChI is InChI=1S/C13H15NO4.C12H15NO3/c1-8-4-3-5-9(6-8)7-10-11(12(15)17-2)18-13(16)14-10;1-8-3-2-4-9(5-8)6-10-11(7-14)16-12(15)13-10/h3-6,10-11H,7H2,1-2H3,(H,14,16);2-5,10-11,14H,6-7H2,1H3,(H,13,15)/t10-,11-;10-,11+/m00/s1. The maximum absolute atomic E-state index is 11.5. The second-order valence-electron chi connectivity index (χ2n) is 8.36. The number of aliphatic hydroxyl groups excluding tert-OH is 1. The highest BCUT2D eigenvalue weighted by atomic mass is 16.6. The number of amides is 2. The van der Waals surface area contributed by atoms with Gasteiger partial charge in [-0.15, -0.1) is 0 Å². The molecule has 0 aliphatic carbocycles. The van der Waals surface area contributed by atoms with E-state index < -0.39 is 30.4 Å². The first-order chi connectivity index (χ1) is 16.3. The van der Waals surface area contributed by atoms with Crippen molar-refractivity contribution in [2.24, 2.45) is 0 Å². The van der Waals surface area contributed by atoms with Gasteiger partial charge in [-0.05, 0) is 37.8 Å². The molecule has 3 N–H and O–H groups in total. The highest BCUT2D eigenvalue weighted by molar-refractivity contribution is 5.83. The Hall–Kier alpha value is -3.59.